The summed E-state index contributed by atoms with van der Waals surface area (Å²) >= 11 is 0. The number of amides is 1. The Morgan fingerprint density at radius 2 is 1.96 bits per heavy atom. The fraction of sp³-hybridized carbons (Fsp3) is 0.556. The van der Waals surface area contributed by atoms with Gasteiger partial charge >= 0.3 is 0 Å². The molecule has 0 heterocycles. The molecule has 134 valence electrons. The standard InChI is InChI=1S/C18H30N4O2/c1-5-10-20-17(23)13-22-18(19-6-2)21-11-9-15-12-14(3)7-8-16(15)24-4/h7-8,12H,5-6,9-11,13H2,1-4H3,(H,20,23)(H2,19,21,22). The Morgan fingerprint density at radius 1 is 1.17 bits per heavy atom. The lowest BCUT2D eigenvalue weighted by atomic mass is 10.1. The molecule has 0 spiro atoms. The van der Waals surface area contributed by atoms with E-state index in [1.807, 2.05) is 26.0 Å². The van der Waals surface area contributed by atoms with E-state index >= 15 is 0 Å². The lowest BCUT2D eigenvalue weighted by Gasteiger charge is -2.13. The fourth-order valence-corrected chi connectivity index (χ4v) is 2.23. The summed E-state index contributed by atoms with van der Waals surface area (Å²) in [6.07, 6.45) is 1.74. The van der Waals surface area contributed by atoms with Crippen molar-refractivity contribution in [3.63, 3.8) is 0 Å². The van der Waals surface area contributed by atoms with Gasteiger partial charge in [0.05, 0.1) is 7.11 Å². The van der Waals surface area contributed by atoms with E-state index in [4.69, 9.17) is 4.74 Å². The van der Waals surface area contributed by atoms with Crippen molar-refractivity contribution in [1.82, 2.24) is 16.0 Å². The molecule has 6 nitrogen and oxygen atoms in total. The molecule has 0 aliphatic heterocycles. The molecule has 24 heavy (non-hydrogen) atoms. The van der Waals surface area contributed by atoms with Crippen molar-refractivity contribution in [2.75, 3.05) is 33.3 Å². The van der Waals surface area contributed by atoms with Crippen LogP contribution in [0.3, 0.4) is 0 Å². The van der Waals surface area contributed by atoms with Gasteiger partial charge in [-0.2, -0.15) is 0 Å². The first kappa shape index (κ1) is 19.8. The number of rotatable bonds is 9. The van der Waals surface area contributed by atoms with Gasteiger partial charge in [0.25, 0.3) is 0 Å². The van der Waals surface area contributed by atoms with E-state index in [2.05, 4.69) is 33.9 Å². The molecule has 0 aliphatic carbocycles. The van der Waals surface area contributed by atoms with E-state index in [1.165, 1.54) is 5.56 Å². The predicted molar refractivity (Wildman–Crippen MR) is 98.7 cm³/mol. The minimum atomic E-state index is -0.0607. The van der Waals surface area contributed by atoms with Crippen molar-refractivity contribution in [2.45, 2.75) is 33.6 Å². The minimum absolute atomic E-state index is 0.0607. The molecular weight excluding hydrogens is 304 g/mol. The average Bonchev–Trinajstić information content (AvgIpc) is 2.58. The number of aryl methyl sites for hydroxylation is 1. The van der Waals surface area contributed by atoms with E-state index in [9.17, 15) is 4.79 Å². The molecule has 0 saturated heterocycles. The van der Waals surface area contributed by atoms with E-state index in [0.717, 1.165) is 30.7 Å². The number of hydrogen-bond donors (Lipinski definition) is 3. The summed E-state index contributed by atoms with van der Waals surface area (Å²) in [5.74, 6) is 1.48. The van der Waals surface area contributed by atoms with Crippen LogP contribution in [0.2, 0.25) is 0 Å². The first-order valence-electron chi connectivity index (χ1n) is 8.53. The molecule has 6 heteroatoms. The third-order valence-electron chi connectivity index (χ3n) is 3.42. The maximum absolute atomic E-state index is 11.6. The number of carbonyl (C=O) groups excluding carboxylic acids is 1. The highest BCUT2D eigenvalue weighted by Gasteiger charge is 2.05. The summed E-state index contributed by atoms with van der Waals surface area (Å²) in [7, 11) is 1.68. The second kappa shape index (κ2) is 11.3. The largest absolute Gasteiger partial charge is 0.496 e. The topological polar surface area (TPSA) is 74.8 Å². The Morgan fingerprint density at radius 3 is 2.62 bits per heavy atom. The number of ether oxygens (including phenoxy) is 1. The molecule has 1 amide bonds. The van der Waals surface area contributed by atoms with E-state index in [0.29, 0.717) is 19.0 Å². The number of nitrogens with zero attached hydrogens (tertiary/aromatic N) is 1. The zero-order valence-electron chi connectivity index (χ0n) is 15.2. The van der Waals surface area contributed by atoms with Crippen molar-refractivity contribution in [3.05, 3.63) is 29.3 Å². The summed E-state index contributed by atoms with van der Waals surface area (Å²) in [5.41, 5.74) is 2.36. The van der Waals surface area contributed by atoms with E-state index < -0.39 is 0 Å². The van der Waals surface area contributed by atoms with Gasteiger partial charge < -0.3 is 20.7 Å². The van der Waals surface area contributed by atoms with Gasteiger partial charge in [0.1, 0.15) is 12.3 Å². The quantitative estimate of drug-likeness (QED) is 0.474. The number of benzene rings is 1. The summed E-state index contributed by atoms with van der Waals surface area (Å²) in [6, 6.07) is 6.15. The number of aliphatic imine (C=N–C) groups is 1. The van der Waals surface area contributed by atoms with Gasteiger partial charge in [0, 0.05) is 19.6 Å². The van der Waals surface area contributed by atoms with Crippen LogP contribution in [0.4, 0.5) is 0 Å². The molecule has 0 unspecified atom stereocenters. The molecule has 1 aromatic carbocycles. The minimum Gasteiger partial charge on any atom is -0.496 e. The van der Waals surface area contributed by atoms with Crippen LogP contribution >= 0.6 is 0 Å². The molecule has 0 radical (unpaired) electrons. The highest BCUT2D eigenvalue weighted by atomic mass is 16.5. The fourth-order valence-electron chi connectivity index (χ4n) is 2.23. The monoisotopic (exact) mass is 334 g/mol. The van der Waals surface area contributed by atoms with Crippen molar-refractivity contribution < 1.29 is 9.53 Å². The number of carbonyl (C=O) groups is 1. The molecule has 0 aromatic heterocycles. The van der Waals surface area contributed by atoms with Crippen molar-refractivity contribution in [2.24, 2.45) is 4.99 Å². The highest BCUT2D eigenvalue weighted by Crippen LogP contribution is 2.19. The molecule has 1 aromatic rings. The van der Waals surface area contributed by atoms with Crippen LogP contribution in [0.25, 0.3) is 0 Å². The number of guanidine groups is 1. The lowest BCUT2D eigenvalue weighted by molar-refractivity contribution is -0.119. The van der Waals surface area contributed by atoms with Gasteiger partial charge in [0.15, 0.2) is 5.96 Å². The third kappa shape index (κ3) is 7.35. The van der Waals surface area contributed by atoms with Crippen LogP contribution in [0.15, 0.2) is 23.2 Å². The van der Waals surface area contributed by atoms with E-state index in [1.54, 1.807) is 7.11 Å². The van der Waals surface area contributed by atoms with Crippen molar-refractivity contribution in [3.8, 4) is 5.75 Å². The predicted octanol–water partition coefficient (Wildman–Crippen LogP) is 1.63. The van der Waals surface area contributed by atoms with Crippen LogP contribution in [0, 0.1) is 6.92 Å². The van der Waals surface area contributed by atoms with Crippen molar-refractivity contribution >= 4 is 11.9 Å². The maximum Gasteiger partial charge on any atom is 0.241 e. The van der Waals surface area contributed by atoms with Gasteiger partial charge in [0.2, 0.25) is 5.91 Å². The van der Waals surface area contributed by atoms with Gasteiger partial charge in [-0.15, -0.1) is 0 Å². The maximum atomic E-state index is 11.6. The number of hydrogen-bond acceptors (Lipinski definition) is 3. The summed E-state index contributed by atoms with van der Waals surface area (Å²) in [4.78, 5) is 15.9. The van der Waals surface area contributed by atoms with Gasteiger partial charge in [-0.1, -0.05) is 24.6 Å². The Bertz CT molecular complexity index is 544. The van der Waals surface area contributed by atoms with Gasteiger partial charge in [-0.25, -0.2) is 4.99 Å². The SMILES string of the molecule is CCCNC(=O)CN=C(NCC)NCCc1cc(C)ccc1OC. The molecular formula is C18H30N4O2. The smallest absolute Gasteiger partial charge is 0.241 e. The molecule has 0 saturated carbocycles. The zero-order valence-corrected chi connectivity index (χ0v) is 15.2. The molecule has 0 bridgehead atoms. The summed E-state index contributed by atoms with van der Waals surface area (Å²) < 4.78 is 5.40. The summed E-state index contributed by atoms with van der Waals surface area (Å²) in [6.45, 7) is 8.36. The third-order valence-corrected chi connectivity index (χ3v) is 3.42. The Labute approximate surface area is 145 Å². The van der Waals surface area contributed by atoms with Crippen LogP contribution in [0.5, 0.6) is 5.75 Å². The zero-order chi connectivity index (χ0) is 17.8. The molecule has 0 atom stereocenters. The van der Waals surface area contributed by atoms with Gasteiger partial charge in [-0.3, -0.25) is 4.79 Å². The molecule has 0 aliphatic rings. The second-order valence-electron chi connectivity index (χ2n) is 5.54. The number of nitrogens with one attached hydrogen (secondary N) is 3. The molecule has 0 fully saturated rings. The molecule has 3 N–H and O–H groups in total. The van der Waals surface area contributed by atoms with Gasteiger partial charge in [-0.05, 0) is 38.3 Å². The first-order valence-corrected chi connectivity index (χ1v) is 8.53. The average molecular weight is 334 g/mol. The lowest BCUT2D eigenvalue weighted by Crippen LogP contribution is -2.39. The van der Waals surface area contributed by atoms with Crippen LogP contribution in [0.1, 0.15) is 31.4 Å². The van der Waals surface area contributed by atoms with Crippen LogP contribution in [-0.2, 0) is 11.2 Å². The Hall–Kier alpha value is -2.24. The van der Waals surface area contributed by atoms with E-state index in [-0.39, 0.29) is 12.5 Å². The number of methoxy groups -OCH3 is 1. The highest BCUT2D eigenvalue weighted by molar-refractivity contribution is 5.84. The second-order valence-corrected chi connectivity index (χ2v) is 5.54. The summed E-state index contributed by atoms with van der Waals surface area (Å²) in [5, 5.41) is 9.22. The van der Waals surface area contributed by atoms with Crippen molar-refractivity contribution in [1.29, 1.82) is 0 Å². The van der Waals surface area contributed by atoms with Crippen LogP contribution < -0.4 is 20.7 Å². The van der Waals surface area contributed by atoms with Crippen LogP contribution in [-0.4, -0.2) is 45.2 Å². The Balaban J connectivity index is 2.54. The molecule has 1 rings (SSSR count). The normalized spacial score (nSPS) is 11.1. The first-order chi connectivity index (χ1) is 11.6. The Kier molecular flexibility index (Phi) is 9.34.